The van der Waals surface area contributed by atoms with E-state index in [1.807, 2.05) is 20.8 Å². The maximum atomic E-state index is 12.3. The number of pyridine rings is 1. The number of hydrogen-bond donors (Lipinski definition) is 3. The van der Waals surface area contributed by atoms with Gasteiger partial charge < -0.3 is 10.3 Å². The molecule has 0 saturated carbocycles. The Labute approximate surface area is 120 Å². The summed E-state index contributed by atoms with van der Waals surface area (Å²) in [7, 11) is -3.65. The van der Waals surface area contributed by atoms with Crippen molar-refractivity contribution in [3.05, 3.63) is 18.5 Å². The van der Waals surface area contributed by atoms with Crippen LogP contribution in [0.25, 0.3) is 0 Å². The van der Waals surface area contributed by atoms with Crippen molar-refractivity contribution in [2.24, 2.45) is 5.84 Å². The zero-order valence-electron chi connectivity index (χ0n) is 12.1. The number of aromatic nitrogens is 1. The highest BCUT2D eigenvalue weighted by Crippen LogP contribution is 2.18. The smallest absolute Gasteiger partial charge is 0.244 e. The summed E-state index contributed by atoms with van der Waals surface area (Å²) >= 11 is 0. The van der Waals surface area contributed by atoms with Crippen LogP contribution in [-0.2, 0) is 10.0 Å². The number of hydrogen-bond acceptors (Lipinski definition) is 6. The molecule has 0 aromatic carbocycles. The zero-order valence-corrected chi connectivity index (χ0v) is 12.9. The maximum Gasteiger partial charge on any atom is 0.244 e. The molecule has 1 aromatic rings. The van der Waals surface area contributed by atoms with Crippen LogP contribution in [0.1, 0.15) is 20.8 Å². The molecule has 0 radical (unpaired) electrons. The van der Waals surface area contributed by atoms with E-state index in [1.165, 1.54) is 18.5 Å². The Hall–Kier alpha value is -1.22. The van der Waals surface area contributed by atoms with Gasteiger partial charge in [-0.3, -0.25) is 10.8 Å². The first-order chi connectivity index (χ1) is 9.44. The molecule has 1 rings (SSSR count). The summed E-state index contributed by atoms with van der Waals surface area (Å²) < 4.78 is 27.3. The number of nitrogen functional groups attached to an aromatic ring is 1. The van der Waals surface area contributed by atoms with E-state index in [0.717, 1.165) is 13.1 Å². The highest BCUT2D eigenvalue weighted by Gasteiger charge is 2.21. The van der Waals surface area contributed by atoms with Crippen LogP contribution in [0.15, 0.2) is 23.4 Å². The van der Waals surface area contributed by atoms with Crippen LogP contribution in [0.2, 0.25) is 0 Å². The van der Waals surface area contributed by atoms with Crippen molar-refractivity contribution >= 4 is 15.7 Å². The van der Waals surface area contributed by atoms with Crippen LogP contribution in [-0.4, -0.2) is 44.0 Å². The largest absolute Gasteiger partial charge is 0.323 e. The molecule has 114 valence electrons. The fraction of sp³-hybridized carbons (Fsp3) is 0.583. The van der Waals surface area contributed by atoms with Gasteiger partial charge in [-0.05, 0) is 26.1 Å². The molecule has 1 aromatic heterocycles. The number of likely N-dealkylation sites (N-methyl/N-ethyl adjacent to an activating group) is 1. The molecule has 1 unspecified atom stereocenters. The quantitative estimate of drug-likeness (QED) is 0.474. The van der Waals surface area contributed by atoms with Gasteiger partial charge in [0.05, 0.1) is 5.69 Å². The first kappa shape index (κ1) is 16.8. The predicted molar refractivity (Wildman–Crippen MR) is 79.6 cm³/mol. The average molecular weight is 301 g/mol. The lowest BCUT2D eigenvalue weighted by Crippen LogP contribution is -2.42. The molecule has 0 saturated heterocycles. The predicted octanol–water partition coefficient (Wildman–Crippen LogP) is 0.376. The minimum absolute atomic E-state index is 0.0499. The number of nitrogens with one attached hydrogen (secondary N) is 2. The highest BCUT2D eigenvalue weighted by atomic mass is 32.2. The van der Waals surface area contributed by atoms with Crippen LogP contribution in [0.5, 0.6) is 0 Å². The van der Waals surface area contributed by atoms with E-state index >= 15 is 0 Å². The molecule has 0 bridgehead atoms. The van der Waals surface area contributed by atoms with Gasteiger partial charge >= 0.3 is 0 Å². The normalized spacial score (nSPS) is 13.4. The fourth-order valence-electron chi connectivity index (χ4n) is 1.95. The summed E-state index contributed by atoms with van der Waals surface area (Å²) in [6.45, 7) is 8.33. The first-order valence-electron chi connectivity index (χ1n) is 6.59. The van der Waals surface area contributed by atoms with Crippen molar-refractivity contribution < 1.29 is 8.42 Å². The molecule has 20 heavy (non-hydrogen) atoms. The lowest BCUT2D eigenvalue weighted by atomic mass is 10.3. The van der Waals surface area contributed by atoms with E-state index in [-0.39, 0.29) is 10.9 Å². The van der Waals surface area contributed by atoms with Gasteiger partial charge in [0, 0.05) is 25.0 Å². The molecule has 0 spiro atoms. The second-order valence-corrected chi connectivity index (χ2v) is 6.21. The third-order valence-corrected chi connectivity index (χ3v) is 4.63. The van der Waals surface area contributed by atoms with E-state index in [9.17, 15) is 8.42 Å². The Balaban J connectivity index is 2.84. The first-order valence-corrected chi connectivity index (χ1v) is 8.08. The van der Waals surface area contributed by atoms with Gasteiger partial charge in [-0.1, -0.05) is 13.8 Å². The highest BCUT2D eigenvalue weighted by molar-refractivity contribution is 7.89. The third kappa shape index (κ3) is 4.41. The fourth-order valence-corrected chi connectivity index (χ4v) is 3.30. The maximum absolute atomic E-state index is 12.3. The number of nitrogens with two attached hydrogens (primary N) is 1. The van der Waals surface area contributed by atoms with Crippen molar-refractivity contribution in [1.29, 1.82) is 0 Å². The standard InChI is InChI=1S/C12H23N5O2S/c1-4-17(5-2)9-10(3)16-20(18,19)12-8-14-7-6-11(12)15-13/h6-8,10,16H,4-5,9,13H2,1-3H3,(H,14,15). The third-order valence-electron chi connectivity index (χ3n) is 3.01. The van der Waals surface area contributed by atoms with Crippen molar-refractivity contribution in [3.8, 4) is 0 Å². The summed E-state index contributed by atoms with van der Waals surface area (Å²) in [6.07, 6.45) is 2.76. The van der Waals surface area contributed by atoms with Crippen LogP contribution >= 0.6 is 0 Å². The minimum atomic E-state index is -3.65. The number of anilines is 1. The van der Waals surface area contributed by atoms with Crippen LogP contribution in [0.4, 0.5) is 5.69 Å². The Kier molecular flexibility index (Phi) is 6.34. The molecule has 4 N–H and O–H groups in total. The van der Waals surface area contributed by atoms with Crippen LogP contribution in [0.3, 0.4) is 0 Å². The Morgan fingerprint density at radius 2 is 2.05 bits per heavy atom. The van der Waals surface area contributed by atoms with Crippen molar-refractivity contribution in [2.75, 3.05) is 25.1 Å². The van der Waals surface area contributed by atoms with E-state index < -0.39 is 10.0 Å². The molecule has 1 atom stereocenters. The van der Waals surface area contributed by atoms with E-state index in [0.29, 0.717) is 12.2 Å². The van der Waals surface area contributed by atoms with Crippen molar-refractivity contribution in [3.63, 3.8) is 0 Å². The van der Waals surface area contributed by atoms with E-state index in [2.05, 4.69) is 20.0 Å². The lowest BCUT2D eigenvalue weighted by molar-refractivity contribution is 0.282. The molecule has 1 heterocycles. The van der Waals surface area contributed by atoms with Gasteiger partial charge in [-0.2, -0.15) is 0 Å². The lowest BCUT2D eigenvalue weighted by Gasteiger charge is -2.23. The van der Waals surface area contributed by atoms with Crippen molar-refractivity contribution in [1.82, 2.24) is 14.6 Å². The molecular weight excluding hydrogens is 278 g/mol. The second-order valence-electron chi connectivity index (χ2n) is 4.52. The Bertz CT molecular complexity index is 516. The molecule has 0 aliphatic carbocycles. The summed E-state index contributed by atoms with van der Waals surface area (Å²) in [4.78, 5) is 6.04. The molecule has 7 nitrogen and oxygen atoms in total. The Morgan fingerprint density at radius 3 is 2.60 bits per heavy atom. The number of nitrogens with zero attached hydrogens (tertiary/aromatic N) is 2. The zero-order chi connectivity index (χ0) is 15.2. The van der Waals surface area contributed by atoms with E-state index in [4.69, 9.17) is 5.84 Å². The number of rotatable bonds is 8. The monoisotopic (exact) mass is 301 g/mol. The molecule has 8 heteroatoms. The summed E-state index contributed by atoms with van der Waals surface area (Å²) in [5, 5.41) is 0. The molecule has 0 fully saturated rings. The SMILES string of the molecule is CCN(CC)CC(C)NS(=O)(=O)c1cnccc1NN. The van der Waals surface area contributed by atoms with Crippen LogP contribution < -0.4 is 16.0 Å². The van der Waals surface area contributed by atoms with Gasteiger partial charge in [-0.15, -0.1) is 0 Å². The summed E-state index contributed by atoms with van der Waals surface area (Å²) in [5.74, 6) is 5.32. The van der Waals surface area contributed by atoms with Gasteiger partial charge in [0.1, 0.15) is 4.90 Å². The van der Waals surface area contributed by atoms with Crippen molar-refractivity contribution in [2.45, 2.75) is 31.7 Å². The number of sulfonamides is 1. The van der Waals surface area contributed by atoms with E-state index in [1.54, 1.807) is 0 Å². The molecule has 0 aliphatic rings. The average Bonchev–Trinajstić information content (AvgIpc) is 2.44. The Morgan fingerprint density at radius 1 is 1.40 bits per heavy atom. The van der Waals surface area contributed by atoms with Gasteiger partial charge in [-0.25, -0.2) is 13.1 Å². The van der Waals surface area contributed by atoms with Gasteiger partial charge in [0.25, 0.3) is 0 Å². The number of hydrazine groups is 1. The van der Waals surface area contributed by atoms with Gasteiger partial charge in [0.2, 0.25) is 10.0 Å². The molecule has 0 amide bonds. The molecule has 0 aliphatic heterocycles. The molecular formula is C12H23N5O2S. The topological polar surface area (TPSA) is 100 Å². The minimum Gasteiger partial charge on any atom is -0.323 e. The summed E-state index contributed by atoms with van der Waals surface area (Å²) in [5.41, 5.74) is 2.69. The summed E-state index contributed by atoms with van der Waals surface area (Å²) in [6, 6.07) is 1.31. The van der Waals surface area contributed by atoms with Gasteiger partial charge in [0.15, 0.2) is 0 Å². The second kappa shape index (κ2) is 7.53. The van der Waals surface area contributed by atoms with Crippen LogP contribution in [0, 0.1) is 0 Å².